The van der Waals surface area contributed by atoms with Crippen LogP contribution < -0.4 is 4.90 Å². The van der Waals surface area contributed by atoms with Crippen molar-refractivity contribution in [2.24, 2.45) is 0 Å². The summed E-state index contributed by atoms with van der Waals surface area (Å²) in [5, 5.41) is 9.37. The van der Waals surface area contributed by atoms with Gasteiger partial charge in [-0.25, -0.2) is 4.39 Å². The van der Waals surface area contributed by atoms with Gasteiger partial charge in [0, 0.05) is 29.3 Å². The van der Waals surface area contributed by atoms with Crippen molar-refractivity contribution in [3.63, 3.8) is 0 Å². The van der Waals surface area contributed by atoms with Gasteiger partial charge in [-0.05, 0) is 29.8 Å². The second kappa shape index (κ2) is 6.17. The van der Waals surface area contributed by atoms with Gasteiger partial charge in [-0.15, -0.1) is 0 Å². The third-order valence-corrected chi connectivity index (χ3v) is 3.46. The van der Waals surface area contributed by atoms with Gasteiger partial charge in [-0.2, -0.15) is 0 Å². The monoisotopic (exact) mass is 323 g/mol. The summed E-state index contributed by atoms with van der Waals surface area (Å²) in [6.07, 6.45) is 0. The second-order valence-electron chi connectivity index (χ2n) is 4.41. The number of benzene rings is 2. The Labute approximate surface area is 120 Å². The molecule has 2 nitrogen and oxygen atoms in total. The molecule has 0 heterocycles. The molecule has 0 aliphatic carbocycles. The fraction of sp³-hybridized carbons (Fsp3) is 0.200. The van der Waals surface area contributed by atoms with Crippen molar-refractivity contribution in [1.82, 2.24) is 0 Å². The molecule has 2 rings (SSSR count). The predicted octanol–water partition coefficient (Wildman–Crippen LogP) is 3.72. The Morgan fingerprint density at radius 3 is 2.47 bits per heavy atom. The average molecular weight is 324 g/mol. The number of rotatable bonds is 4. The van der Waals surface area contributed by atoms with E-state index < -0.39 is 0 Å². The van der Waals surface area contributed by atoms with Crippen molar-refractivity contribution in [3.8, 4) is 0 Å². The number of aliphatic hydroxyl groups excluding tert-OH is 1. The van der Waals surface area contributed by atoms with Crippen LogP contribution in [0.3, 0.4) is 0 Å². The number of hydrogen-bond acceptors (Lipinski definition) is 2. The van der Waals surface area contributed by atoms with Crippen LogP contribution in [-0.2, 0) is 13.2 Å². The SMILES string of the molecule is CN(Cc1ccc(F)cc1)c1cc(Br)ccc1CO. The number of anilines is 1. The van der Waals surface area contributed by atoms with Gasteiger partial charge in [-0.3, -0.25) is 0 Å². The minimum absolute atomic E-state index is 0.00360. The molecule has 0 amide bonds. The first kappa shape index (κ1) is 14.0. The van der Waals surface area contributed by atoms with Crippen LogP contribution in [0.5, 0.6) is 0 Å². The van der Waals surface area contributed by atoms with E-state index in [1.54, 1.807) is 12.1 Å². The highest BCUT2D eigenvalue weighted by Gasteiger charge is 2.08. The Hall–Kier alpha value is -1.39. The van der Waals surface area contributed by atoms with Crippen LogP contribution in [0.15, 0.2) is 46.9 Å². The van der Waals surface area contributed by atoms with Crippen molar-refractivity contribution < 1.29 is 9.50 Å². The number of nitrogens with zero attached hydrogens (tertiary/aromatic N) is 1. The number of aliphatic hydroxyl groups is 1. The molecule has 0 aliphatic rings. The standard InChI is InChI=1S/C15H15BrFNO/c1-18(9-11-2-6-14(17)7-3-11)15-8-13(16)5-4-12(15)10-19/h2-8,19H,9-10H2,1H3. The topological polar surface area (TPSA) is 23.5 Å². The van der Waals surface area contributed by atoms with E-state index in [9.17, 15) is 9.50 Å². The van der Waals surface area contributed by atoms with Gasteiger partial charge in [0.05, 0.1) is 6.61 Å². The lowest BCUT2D eigenvalue weighted by atomic mass is 10.1. The van der Waals surface area contributed by atoms with Gasteiger partial charge in [0.15, 0.2) is 0 Å². The van der Waals surface area contributed by atoms with Crippen LogP contribution in [0.1, 0.15) is 11.1 Å². The summed E-state index contributed by atoms with van der Waals surface area (Å²) in [6, 6.07) is 12.2. The third-order valence-electron chi connectivity index (χ3n) is 2.96. The van der Waals surface area contributed by atoms with Gasteiger partial charge in [0.1, 0.15) is 5.82 Å². The minimum Gasteiger partial charge on any atom is -0.392 e. The molecule has 0 bridgehead atoms. The maximum atomic E-state index is 12.9. The molecule has 0 saturated heterocycles. The normalized spacial score (nSPS) is 10.5. The van der Waals surface area contributed by atoms with Crippen LogP contribution in [0.25, 0.3) is 0 Å². The first-order valence-corrected chi connectivity index (χ1v) is 6.74. The smallest absolute Gasteiger partial charge is 0.123 e. The summed E-state index contributed by atoms with van der Waals surface area (Å²) in [5.74, 6) is -0.232. The lowest BCUT2D eigenvalue weighted by Crippen LogP contribution is -2.18. The number of hydrogen-bond donors (Lipinski definition) is 1. The number of halogens is 2. The molecule has 4 heteroatoms. The van der Waals surface area contributed by atoms with Gasteiger partial charge < -0.3 is 10.0 Å². The van der Waals surface area contributed by atoms with Crippen LogP contribution in [0.2, 0.25) is 0 Å². The Balaban J connectivity index is 2.21. The molecular formula is C15H15BrFNO. The minimum atomic E-state index is -0.232. The first-order chi connectivity index (χ1) is 9.10. The van der Waals surface area contributed by atoms with Crippen molar-refractivity contribution in [2.45, 2.75) is 13.2 Å². The molecule has 100 valence electrons. The lowest BCUT2D eigenvalue weighted by Gasteiger charge is -2.22. The van der Waals surface area contributed by atoms with Gasteiger partial charge >= 0.3 is 0 Å². The van der Waals surface area contributed by atoms with Crippen molar-refractivity contribution in [1.29, 1.82) is 0 Å². The lowest BCUT2D eigenvalue weighted by molar-refractivity contribution is 0.282. The second-order valence-corrected chi connectivity index (χ2v) is 5.33. The first-order valence-electron chi connectivity index (χ1n) is 5.95. The van der Waals surface area contributed by atoms with Gasteiger partial charge in [0.25, 0.3) is 0 Å². The Morgan fingerprint density at radius 2 is 1.84 bits per heavy atom. The van der Waals surface area contributed by atoms with Crippen LogP contribution in [0.4, 0.5) is 10.1 Å². The van der Waals surface area contributed by atoms with E-state index in [4.69, 9.17) is 0 Å². The highest BCUT2D eigenvalue weighted by Crippen LogP contribution is 2.25. The van der Waals surface area contributed by atoms with Crippen LogP contribution >= 0.6 is 15.9 Å². The maximum Gasteiger partial charge on any atom is 0.123 e. The summed E-state index contributed by atoms with van der Waals surface area (Å²) >= 11 is 3.43. The molecule has 0 unspecified atom stereocenters. The van der Waals surface area contributed by atoms with Crippen LogP contribution in [-0.4, -0.2) is 12.2 Å². The fourth-order valence-electron chi connectivity index (χ4n) is 1.97. The zero-order valence-electron chi connectivity index (χ0n) is 10.6. The molecule has 2 aromatic rings. The summed E-state index contributed by atoms with van der Waals surface area (Å²) < 4.78 is 13.8. The zero-order valence-corrected chi connectivity index (χ0v) is 12.2. The van der Waals surface area contributed by atoms with Gasteiger partial charge in [0.2, 0.25) is 0 Å². The van der Waals surface area contributed by atoms with E-state index in [2.05, 4.69) is 15.9 Å². The quantitative estimate of drug-likeness (QED) is 0.927. The van der Waals surface area contributed by atoms with E-state index in [-0.39, 0.29) is 12.4 Å². The van der Waals surface area contributed by atoms with E-state index in [1.807, 2.05) is 30.1 Å². The van der Waals surface area contributed by atoms with Crippen molar-refractivity contribution in [3.05, 3.63) is 63.9 Å². The Kier molecular flexibility index (Phi) is 4.56. The van der Waals surface area contributed by atoms with E-state index >= 15 is 0 Å². The van der Waals surface area contributed by atoms with Gasteiger partial charge in [-0.1, -0.05) is 34.1 Å². The maximum absolute atomic E-state index is 12.9. The van der Waals surface area contributed by atoms with E-state index in [1.165, 1.54) is 12.1 Å². The largest absolute Gasteiger partial charge is 0.392 e. The summed E-state index contributed by atoms with van der Waals surface area (Å²) in [5.41, 5.74) is 2.85. The van der Waals surface area contributed by atoms with Crippen LogP contribution in [0, 0.1) is 5.82 Å². The van der Waals surface area contributed by atoms with E-state index in [0.717, 1.165) is 21.3 Å². The average Bonchev–Trinajstić information content (AvgIpc) is 2.41. The summed E-state index contributed by atoms with van der Waals surface area (Å²) in [4.78, 5) is 2.03. The molecule has 0 radical (unpaired) electrons. The highest BCUT2D eigenvalue weighted by molar-refractivity contribution is 9.10. The predicted molar refractivity (Wildman–Crippen MR) is 78.6 cm³/mol. The molecule has 1 N–H and O–H groups in total. The molecule has 0 fully saturated rings. The van der Waals surface area contributed by atoms with Crippen molar-refractivity contribution >= 4 is 21.6 Å². The Morgan fingerprint density at radius 1 is 1.16 bits per heavy atom. The molecule has 0 aliphatic heterocycles. The van der Waals surface area contributed by atoms with E-state index in [0.29, 0.717) is 6.54 Å². The molecule has 0 aromatic heterocycles. The molecule has 2 aromatic carbocycles. The highest BCUT2D eigenvalue weighted by atomic mass is 79.9. The molecular weight excluding hydrogens is 309 g/mol. The summed E-state index contributed by atoms with van der Waals surface area (Å²) in [7, 11) is 1.95. The molecule has 0 saturated carbocycles. The fourth-order valence-corrected chi connectivity index (χ4v) is 2.32. The summed E-state index contributed by atoms with van der Waals surface area (Å²) in [6.45, 7) is 0.653. The van der Waals surface area contributed by atoms with Crippen molar-refractivity contribution in [2.75, 3.05) is 11.9 Å². The third kappa shape index (κ3) is 3.55. The zero-order chi connectivity index (χ0) is 13.8. The molecule has 19 heavy (non-hydrogen) atoms. The Bertz CT molecular complexity index is 557. The molecule has 0 atom stereocenters. The molecule has 0 spiro atoms.